The normalized spacial score (nSPS) is 11.5. The Balaban J connectivity index is 3.29. The van der Waals surface area contributed by atoms with E-state index < -0.39 is 17.5 Å². The van der Waals surface area contributed by atoms with Crippen LogP contribution in [0.5, 0.6) is 0 Å². The van der Waals surface area contributed by atoms with E-state index in [0.717, 1.165) is 19.3 Å². The molecule has 0 aromatic heterocycles. The molecule has 0 spiro atoms. The highest BCUT2D eigenvalue weighted by atomic mass is 17.5. The van der Waals surface area contributed by atoms with E-state index in [-0.39, 0.29) is 6.61 Å². The fraction of sp³-hybridized carbons (Fsp3) is 0.917. The lowest BCUT2D eigenvalue weighted by molar-refractivity contribution is -0.513. The molecule has 0 aliphatic heterocycles. The van der Waals surface area contributed by atoms with E-state index in [2.05, 4.69) is 16.8 Å². The minimum Gasteiger partial charge on any atom is -0.457 e. The molecular weight excluding hydrogens is 384 g/mol. The van der Waals surface area contributed by atoms with Crippen LogP contribution in [0, 0.1) is 0 Å². The van der Waals surface area contributed by atoms with E-state index in [9.17, 15) is 9.59 Å². The van der Waals surface area contributed by atoms with Crippen molar-refractivity contribution in [3.63, 3.8) is 0 Å². The van der Waals surface area contributed by atoms with Gasteiger partial charge in [-0.2, -0.15) is 4.89 Å². The number of rotatable bonds is 19. The Morgan fingerprint density at radius 2 is 1.00 bits per heavy atom. The third kappa shape index (κ3) is 21.6. The average molecular weight is 431 g/mol. The Hall–Kier alpha value is -1.14. The Morgan fingerprint density at radius 3 is 1.40 bits per heavy atom. The molecule has 6 nitrogen and oxygen atoms in total. The van der Waals surface area contributed by atoms with Crippen LogP contribution in [0.1, 0.15) is 130 Å². The van der Waals surface area contributed by atoms with Crippen molar-refractivity contribution in [2.45, 2.75) is 136 Å². The number of unbranched alkanes of at least 4 members (excludes halogenated alkanes) is 15. The maximum absolute atomic E-state index is 11.4. The van der Waals surface area contributed by atoms with Crippen molar-refractivity contribution in [1.29, 1.82) is 0 Å². The largest absolute Gasteiger partial charge is 0.457 e. The quantitative estimate of drug-likeness (QED) is 0.0722. The van der Waals surface area contributed by atoms with E-state index in [1.54, 1.807) is 20.8 Å². The summed E-state index contributed by atoms with van der Waals surface area (Å²) in [7, 11) is 0. The zero-order valence-corrected chi connectivity index (χ0v) is 20.0. The summed E-state index contributed by atoms with van der Waals surface area (Å²) >= 11 is 0. The van der Waals surface area contributed by atoms with Crippen LogP contribution in [0.15, 0.2) is 0 Å². The lowest BCUT2D eigenvalue weighted by Gasteiger charge is -2.14. The van der Waals surface area contributed by atoms with Crippen molar-refractivity contribution in [2.24, 2.45) is 0 Å². The molecule has 0 heterocycles. The van der Waals surface area contributed by atoms with Crippen LogP contribution in [-0.4, -0.2) is 24.1 Å². The second-order valence-electron chi connectivity index (χ2n) is 9.07. The van der Waals surface area contributed by atoms with Gasteiger partial charge in [-0.25, -0.2) is 9.59 Å². The molecule has 0 aromatic carbocycles. The summed E-state index contributed by atoms with van der Waals surface area (Å²) in [4.78, 5) is 31.7. The standard InChI is InChI=1S/C24H46O6/c1-5-6-7-8-9-10-11-12-13-14-15-16-17-18-19-20-21-27-22(25)23(26)28-30-29-24(2,3)4/h5-21H2,1-4H3. The highest BCUT2D eigenvalue weighted by Crippen LogP contribution is 2.13. The third-order valence-corrected chi connectivity index (χ3v) is 4.79. The molecule has 0 aromatic rings. The Bertz CT molecular complexity index is 416. The first kappa shape index (κ1) is 28.9. The summed E-state index contributed by atoms with van der Waals surface area (Å²) in [5.74, 6) is -2.27. The van der Waals surface area contributed by atoms with Crippen LogP contribution in [0.2, 0.25) is 0 Å². The fourth-order valence-electron chi connectivity index (χ4n) is 3.06. The van der Waals surface area contributed by atoms with Gasteiger partial charge < -0.3 is 4.74 Å². The highest BCUT2D eigenvalue weighted by molar-refractivity contribution is 6.29. The summed E-state index contributed by atoms with van der Waals surface area (Å²) in [5, 5.41) is 4.27. The first-order valence-electron chi connectivity index (χ1n) is 12.1. The molecule has 0 fully saturated rings. The molecule has 0 amide bonds. The molecule has 0 atom stereocenters. The van der Waals surface area contributed by atoms with Gasteiger partial charge >= 0.3 is 11.9 Å². The van der Waals surface area contributed by atoms with Crippen molar-refractivity contribution in [2.75, 3.05) is 6.61 Å². The summed E-state index contributed by atoms with van der Waals surface area (Å²) in [6.07, 6.45) is 20.5. The second-order valence-corrected chi connectivity index (χ2v) is 9.07. The van der Waals surface area contributed by atoms with Crippen molar-refractivity contribution in [3.05, 3.63) is 0 Å². The smallest absolute Gasteiger partial charge is 0.453 e. The van der Waals surface area contributed by atoms with Gasteiger partial charge in [0, 0.05) is 0 Å². The van der Waals surface area contributed by atoms with Gasteiger partial charge in [-0.05, 0) is 32.2 Å². The molecule has 178 valence electrons. The minimum atomic E-state index is -1.21. The second kappa shape index (κ2) is 19.8. The zero-order chi connectivity index (χ0) is 22.5. The first-order valence-corrected chi connectivity index (χ1v) is 12.1. The van der Waals surface area contributed by atoms with E-state index >= 15 is 0 Å². The van der Waals surface area contributed by atoms with Gasteiger partial charge in [-0.1, -0.05) is 103 Å². The molecule has 6 heteroatoms. The molecule has 0 saturated heterocycles. The molecule has 0 N–H and O–H groups in total. The molecule has 0 bridgehead atoms. The lowest BCUT2D eigenvalue weighted by atomic mass is 10.0. The van der Waals surface area contributed by atoms with E-state index in [1.807, 2.05) is 0 Å². The van der Waals surface area contributed by atoms with Gasteiger partial charge in [0.2, 0.25) is 0 Å². The van der Waals surface area contributed by atoms with Gasteiger partial charge in [-0.15, -0.1) is 0 Å². The van der Waals surface area contributed by atoms with E-state index in [0.29, 0.717) is 0 Å². The van der Waals surface area contributed by atoms with E-state index in [4.69, 9.17) is 9.62 Å². The minimum absolute atomic E-state index is 0.215. The van der Waals surface area contributed by atoms with Crippen LogP contribution in [-0.2, 0) is 29.1 Å². The van der Waals surface area contributed by atoms with Crippen LogP contribution >= 0.6 is 0 Å². The van der Waals surface area contributed by atoms with Gasteiger partial charge in [0.1, 0.15) is 0 Å². The SMILES string of the molecule is CCCCCCCCCCCCCCCCCCOC(=O)C(=O)OOOC(C)(C)C. The Morgan fingerprint density at radius 1 is 0.600 bits per heavy atom. The molecular formula is C24H46O6. The molecule has 0 radical (unpaired) electrons. The van der Waals surface area contributed by atoms with Crippen LogP contribution < -0.4 is 0 Å². The number of hydrogen-bond donors (Lipinski definition) is 0. The molecule has 0 rings (SSSR count). The Kier molecular flexibility index (Phi) is 19.0. The zero-order valence-electron chi connectivity index (χ0n) is 20.0. The van der Waals surface area contributed by atoms with Gasteiger partial charge in [0.05, 0.1) is 12.2 Å². The number of carbonyl (C=O) groups is 2. The third-order valence-electron chi connectivity index (χ3n) is 4.79. The van der Waals surface area contributed by atoms with Crippen LogP contribution in [0.25, 0.3) is 0 Å². The van der Waals surface area contributed by atoms with Crippen LogP contribution in [0.3, 0.4) is 0 Å². The predicted molar refractivity (Wildman–Crippen MR) is 119 cm³/mol. The molecule has 0 unspecified atom stereocenters. The van der Waals surface area contributed by atoms with E-state index in [1.165, 1.54) is 83.5 Å². The average Bonchev–Trinajstić information content (AvgIpc) is 2.69. The summed E-state index contributed by atoms with van der Waals surface area (Å²) in [6.45, 7) is 7.63. The maximum Gasteiger partial charge on any atom is 0.453 e. The number of hydrogen-bond acceptors (Lipinski definition) is 6. The summed E-state index contributed by atoms with van der Waals surface area (Å²) in [5.41, 5.74) is -0.641. The van der Waals surface area contributed by atoms with Crippen molar-refractivity contribution < 1.29 is 29.1 Å². The van der Waals surface area contributed by atoms with Crippen molar-refractivity contribution in [3.8, 4) is 0 Å². The lowest BCUT2D eigenvalue weighted by Crippen LogP contribution is -2.25. The number of esters is 1. The summed E-state index contributed by atoms with van der Waals surface area (Å²) < 4.78 is 4.86. The highest BCUT2D eigenvalue weighted by Gasteiger charge is 2.21. The van der Waals surface area contributed by atoms with Crippen molar-refractivity contribution >= 4 is 11.9 Å². The fourth-order valence-corrected chi connectivity index (χ4v) is 3.06. The topological polar surface area (TPSA) is 71.1 Å². The maximum atomic E-state index is 11.4. The molecule has 30 heavy (non-hydrogen) atoms. The first-order chi connectivity index (χ1) is 14.4. The summed E-state index contributed by atoms with van der Waals surface area (Å²) in [6, 6.07) is 0. The molecule has 0 aliphatic carbocycles. The molecule has 0 saturated carbocycles. The number of carbonyl (C=O) groups excluding carboxylic acids is 2. The van der Waals surface area contributed by atoms with Gasteiger partial charge in [-0.3, -0.25) is 4.89 Å². The molecule has 0 aliphatic rings. The van der Waals surface area contributed by atoms with Gasteiger partial charge in [0.25, 0.3) is 0 Å². The van der Waals surface area contributed by atoms with Crippen molar-refractivity contribution in [1.82, 2.24) is 0 Å². The van der Waals surface area contributed by atoms with Crippen LogP contribution in [0.4, 0.5) is 0 Å². The Labute approximate surface area is 184 Å². The number of ether oxygens (including phenoxy) is 1. The monoisotopic (exact) mass is 430 g/mol. The predicted octanol–water partition coefficient (Wildman–Crippen LogP) is 7.00. The van der Waals surface area contributed by atoms with Gasteiger partial charge in [0.15, 0.2) is 0 Å².